The molecule has 1 unspecified atom stereocenters. The molecule has 0 spiro atoms. The number of aromatic hydroxyl groups is 1. The molecule has 0 radical (unpaired) electrons. The summed E-state index contributed by atoms with van der Waals surface area (Å²) in [5, 5.41) is 8.70. The fourth-order valence-electron chi connectivity index (χ4n) is 0.830. The van der Waals surface area contributed by atoms with Crippen LogP contribution >= 0.6 is 0 Å². The third-order valence-electron chi connectivity index (χ3n) is 1.75. The molecule has 0 bridgehead atoms. The van der Waals surface area contributed by atoms with Gasteiger partial charge in [-0.25, -0.2) is 9.59 Å². The van der Waals surface area contributed by atoms with E-state index in [4.69, 9.17) is 10.8 Å². The number of benzene rings is 1. The van der Waals surface area contributed by atoms with E-state index in [-0.39, 0.29) is 11.3 Å². The van der Waals surface area contributed by atoms with E-state index in [0.29, 0.717) is 5.69 Å². The summed E-state index contributed by atoms with van der Waals surface area (Å²) >= 11 is 0. The van der Waals surface area contributed by atoms with Gasteiger partial charge in [0.05, 0.1) is 0 Å². The first-order chi connectivity index (χ1) is 8.86. The van der Waals surface area contributed by atoms with Gasteiger partial charge in [-0.1, -0.05) is 6.58 Å². The molecule has 3 N–H and O–H groups in total. The van der Waals surface area contributed by atoms with Crippen LogP contribution in [0, 0.1) is 0 Å². The first-order valence-corrected chi connectivity index (χ1v) is 5.34. The maximum atomic E-state index is 10.7. The number of esters is 1. The summed E-state index contributed by atoms with van der Waals surface area (Å²) in [5.41, 5.74) is 6.26. The van der Waals surface area contributed by atoms with Crippen LogP contribution < -0.4 is 5.73 Å². The summed E-state index contributed by atoms with van der Waals surface area (Å²) in [7, 11) is 0. The largest absolute Gasteiger partial charge is 0.508 e. The average Bonchev–Trinajstić information content (AvgIpc) is 2.34. The van der Waals surface area contributed by atoms with Crippen molar-refractivity contribution in [2.75, 3.05) is 5.73 Å². The number of isocyanates is 1. The Morgan fingerprint density at radius 2 is 2.00 bits per heavy atom. The number of carbonyl (C=O) groups is 1. The summed E-state index contributed by atoms with van der Waals surface area (Å²) in [6.45, 7) is 6.33. The van der Waals surface area contributed by atoms with E-state index < -0.39 is 12.2 Å². The van der Waals surface area contributed by atoms with Gasteiger partial charge in [0.25, 0.3) is 0 Å². The molecule has 1 rings (SSSR count). The quantitative estimate of drug-likeness (QED) is 0.216. The Balaban J connectivity index is 0.000000356. The predicted molar refractivity (Wildman–Crippen MR) is 71.0 cm³/mol. The third-order valence-corrected chi connectivity index (χ3v) is 1.75. The zero-order valence-electron chi connectivity index (χ0n) is 10.8. The maximum absolute atomic E-state index is 10.7. The molecule has 19 heavy (non-hydrogen) atoms. The molecule has 0 aliphatic heterocycles. The molecule has 6 nitrogen and oxygen atoms in total. The van der Waals surface area contributed by atoms with Crippen LogP contribution in [0.5, 0.6) is 5.75 Å². The molecule has 1 aromatic rings. The van der Waals surface area contributed by atoms with Gasteiger partial charge in [0.2, 0.25) is 12.3 Å². The lowest BCUT2D eigenvalue weighted by Crippen LogP contribution is -2.12. The van der Waals surface area contributed by atoms with E-state index in [2.05, 4.69) is 16.3 Å². The number of carbonyl (C=O) groups excluding carboxylic acids is 2. The molecular weight excluding hydrogens is 248 g/mol. The van der Waals surface area contributed by atoms with Gasteiger partial charge in [0.1, 0.15) is 5.75 Å². The van der Waals surface area contributed by atoms with Gasteiger partial charge >= 0.3 is 5.97 Å². The molecule has 0 aromatic heterocycles. The van der Waals surface area contributed by atoms with E-state index in [9.17, 15) is 9.59 Å². The van der Waals surface area contributed by atoms with Crippen LogP contribution in [0.1, 0.15) is 13.8 Å². The van der Waals surface area contributed by atoms with Crippen molar-refractivity contribution in [3.8, 4) is 5.75 Å². The predicted octanol–water partition coefficient (Wildman–Crippen LogP) is 1.76. The lowest BCUT2D eigenvalue weighted by molar-refractivity contribution is -0.142. The van der Waals surface area contributed by atoms with Gasteiger partial charge in [-0.15, -0.1) is 0 Å². The van der Waals surface area contributed by atoms with E-state index >= 15 is 0 Å². The van der Waals surface area contributed by atoms with Crippen LogP contribution in [0.4, 0.5) is 5.69 Å². The Labute approximate surface area is 111 Å². The molecular formula is C13H16N2O4. The molecule has 0 fully saturated rings. The minimum absolute atomic E-state index is 0.249. The molecule has 0 saturated heterocycles. The Hall–Kier alpha value is -2.59. The van der Waals surface area contributed by atoms with Gasteiger partial charge in [-0.05, 0) is 38.1 Å². The fraction of sp³-hybridized carbons (Fsp3) is 0.231. The molecule has 1 atom stereocenters. The monoisotopic (exact) mass is 264 g/mol. The number of aliphatic imine (C=N–C) groups is 1. The van der Waals surface area contributed by atoms with Crippen LogP contribution in [0.25, 0.3) is 0 Å². The van der Waals surface area contributed by atoms with Gasteiger partial charge < -0.3 is 15.6 Å². The van der Waals surface area contributed by atoms with Crippen LogP contribution in [-0.4, -0.2) is 23.4 Å². The maximum Gasteiger partial charge on any atom is 0.335 e. The number of ether oxygens (including phenoxy) is 1. The first kappa shape index (κ1) is 16.4. The second-order valence-electron chi connectivity index (χ2n) is 3.60. The number of phenols is 1. The second kappa shape index (κ2) is 8.49. The number of nitrogens with zero attached hydrogens (tertiary/aromatic N) is 1. The van der Waals surface area contributed by atoms with Crippen molar-refractivity contribution >= 4 is 17.7 Å². The highest BCUT2D eigenvalue weighted by Gasteiger charge is 2.07. The summed E-state index contributed by atoms with van der Waals surface area (Å²) < 4.78 is 4.58. The molecule has 6 heteroatoms. The number of hydrogen-bond acceptors (Lipinski definition) is 6. The molecule has 0 aliphatic rings. The van der Waals surface area contributed by atoms with E-state index in [1.165, 1.54) is 19.9 Å². The summed E-state index contributed by atoms with van der Waals surface area (Å²) in [6, 6.07) is 6.40. The lowest BCUT2D eigenvalue weighted by atomic mass is 10.3. The van der Waals surface area contributed by atoms with Crippen LogP contribution in [-0.2, 0) is 14.3 Å². The van der Waals surface area contributed by atoms with Gasteiger partial charge in [-0.2, -0.15) is 4.99 Å². The molecule has 102 valence electrons. The Morgan fingerprint density at radius 3 is 2.37 bits per heavy atom. The molecule has 0 aliphatic carbocycles. The SMILES string of the molecule is C=C(C)C(=O)OC(C)N=C=O.Nc1ccc(O)cc1. The highest BCUT2D eigenvalue weighted by molar-refractivity contribution is 5.87. The minimum atomic E-state index is -0.781. The van der Waals surface area contributed by atoms with Gasteiger partial charge in [-0.3, -0.25) is 0 Å². The van der Waals surface area contributed by atoms with Gasteiger partial charge in [0, 0.05) is 11.3 Å². The number of phenolic OH excluding ortho intramolecular Hbond substituents is 1. The van der Waals surface area contributed by atoms with E-state index in [1.807, 2.05) is 0 Å². The van der Waals surface area contributed by atoms with Crippen molar-refractivity contribution in [3.63, 3.8) is 0 Å². The number of hydrogen-bond donors (Lipinski definition) is 2. The molecule has 0 saturated carbocycles. The number of anilines is 1. The normalized spacial score (nSPS) is 10.2. The first-order valence-electron chi connectivity index (χ1n) is 5.34. The number of nitrogen functional groups attached to an aromatic ring is 1. The van der Waals surface area contributed by atoms with Crippen molar-refractivity contribution in [1.82, 2.24) is 0 Å². The summed E-state index contributed by atoms with van der Waals surface area (Å²) in [6.07, 6.45) is 0.499. The fourth-order valence-corrected chi connectivity index (χ4v) is 0.830. The Morgan fingerprint density at radius 1 is 1.47 bits per heavy atom. The minimum Gasteiger partial charge on any atom is -0.508 e. The molecule has 0 amide bonds. The van der Waals surface area contributed by atoms with Crippen molar-refractivity contribution in [2.45, 2.75) is 20.1 Å². The van der Waals surface area contributed by atoms with Crippen LogP contribution in [0.3, 0.4) is 0 Å². The summed E-state index contributed by atoms with van der Waals surface area (Å²) in [5.74, 6) is -0.310. The van der Waals surface area contributed by atoms with E-state index in [0.717, 1.165) is 0 Å². The number of rotatable bonds is 3. The van der Waals surface area contributed by atoms with Crippen molar-refractivity contribution in [1.29, 1.82) is 0 Å². The van der Waals surface area contributed by atoms with Gasteiger partial charge in [0.15, 0.2) is 0 Å². The summed E-state index contributed by atoms with van der Waals surface area (Å²) in [4.78, 5) is 23.5. The topological polar surface area (TPSA) is 102 Å². The zero-order chi connectivity index (χ0) is 14.8. The van der Waals surface area contributed by atoms with Crippen molar-refractivity contribution < 1.29 is 19.4 Å². The lowest BCUT2D eigenvalue weighted by Gasteiger charge is -2.05. The Kier molecular flexibility index (Phi) is 7.34. The Bertz CT molecular complexity index is 455. The smallest absolute Gasteiger partial charge is 0.335 e. The molecule has 0 heterocycles. The van der Waals surface area contributed by atoms with Crippen LogP contribution in [0.2, 0.25) is 0 Å². The van der Waals surface area contributed by atoms with E-state index in [1.54, 1.807) is 24.3 Å². The van der Waals surface area contributed by atoms with Crippen molar-refractivity contribution in [3.05, 3.63) is 36.4 Å². The molecule has 1 aromatic carbocycles. The standard InChI is InChI=1S/C7H9NO3.C6H7NO/c1-5(2)7(10)11-6(3)8-4-9;7-5-1-3-6(8)4-2-5/h6H,1H2,2-3H3;1-4,8H,7H2. The average molecular weight is 264 g/mol. The van der Waals surface area contributed by atoms with Crippen molar-refractivity contribution in [2.24, 2.45) is 4.99 Å². The zero-order valence-corrected chi connectivity index (χ0v) is 10.8. The van der Waals surface area contributed by atoms with Crippen LogP contribution in [0.15, 0.2) is 41.4 Å². The highest BCUT2D eigenvalue weighted by Crippen LogP contribution is 2.09. The number of nitrogens with two attached hydrogens (primary N) is 1. The highest BCUT2D eigenvalue weighted by atomic mass is 16.6. The second-order valence-corrected chi connectivity index (χ2v) is 3.60. The third kappa shape index (κ3) is 8.18.